The Bertz CT molecular complexity index is 323. The SMILES string of the molecule is C=C[Si]1(C=C)O[Si](C)(C)O[Si](CC)(CC(C)C)O1. The first-order chi connectivity index (χ1) is 8.22. The summed E-state index contributed by atoms with van der Waals surface area (Å²) in [7, 11) is -6.77. The Kier molecular flexibility index (Phi) is 4.96. The number of rotatable bonds is 5. The van der Waals surface area contributed by atoms with Crippen molar-refractivity contribution < 1.29 is 12.3 Å². The molecule has 1 atom stereocenters. The maximum absolute atomic E-state index is 6.39. The summed E-state index contributed by atoms with van der Waals surface area (Å²) in [6.07, 6.45) is 0. The Morgan fingerprint density at radius 1 is 1.06 bits per heavy atom. The molecule has 0 radical (unpaired) electrons. The average Bonchev–Trinajstić information content (AvgIpc) is 2.25. The molecule has 1 heterocycles. The van der Waals surface area contributed by atoms with Gasteiger partial charge in [-0.2, -0.15) is 0 Å². The van der Waals surface area contributed by atoms with Crippen molar-refractivity contribution >= 4 is 25.7 Å². The molecule has 104 valence electrons. The van der Waals surface area contributed by atoms with Gasteiger partial charge in [0.25, 0.3) is 0 Å². The van der Waals surface area contributed by atoms with Crippen molar-refractivity contribution in [3.63, 3.8) is 0 Å². The van der Waals surface area contributed by atoms with E-state index in [1.807, 2.05) is 11.4 Å². The zero-order valence-corrected chi connectivity index (χ0v) is 15.3. The normalized spacial score (nSPS) is 30.1. The molecule has 0 bridgehead atoms. The van der Waals surface area contributed by atoms with Crippen molar-refractivity contribution in [2.75, 3.05) is 0 Å². The predicted octanol–water partition coefficient (Wildman–Crippen LogP) is 3.76. The van der Waals surface area contributed by atoms with Gasteiger partial charge in [-0.15, -0.1) is 13.2 Å². The van der Waals surface area contributed by atoms with E-state index in [9.17, 15) is 0 Å². The molecule has 0 aromatic heterocycles. The predicted molar refractivity (Wildman–Crippen MR) is 82.8 cm³/mol. The van der Waals surface area contributed by atoms with Crippen LogP contribution in [0.2, 0.25) is 25.2 Å². The summed E-state index contributed by atoms with van der Waals surface area (Å²) in [6, 6.07) is 1.97. The monoisotopic (exact) mass is 302 g/mol. The smallest absolute Gasteiger partial charge is 0.373 e. The van der Waals surface area contributed by atoms with Gasteiger partial charge in [-0.25, -0.2) is 0 Å². The molecule has 1 aliphatic rings. The van der Waals surface area contributed by atoms with E-state index in [1.54, 1.807) is 0 Å². The van der Waals surface area contributed by atoms with Crippen LogP contribution < -0.4 is 0 Å². The summed E-state index contributed by atoms with van der Waals surface area (Å²) < 4.78 is 18.9. The quantitative estimate of drug-likeness (QED) is 0.724. The van der Waals surface area contributed by atoms with Crippen molar-refractivity contribution in [1.82, 2.24) is 0 Å². The van der Waals surface area contributed by atoms with Crippen LogP contribution in [0, 0.1) is 5.92 Å². The van der Waals surface area contributed by atoms with Gasteiger partial charge in [0.05, 0.1) is 0 Å². The molecule has 0 aromatic rings. The molecule has 0 aliphatic carbocycles. The van der Waals surface area contributed by atoms with Crippen LogP contribution in [0.4, 0.5) is 0 Å². The van der Waals surface area contributed by atoms with Crippen molar-refractivity contribution in [1.29, 1.82) is 0 Å². The Hall–Kier alpha value is 0.0106. The summed E-state index contributed by atoms with van der Waals surface area (Å²) in [5.41, 5.74) is 3.68. The third-order valence-electron chi connectivity index (χ3n) is 3.01. The lowest BCUT2D eigenvalue weighted by molar-refractivity contribution is 0.231. The molecule has 18 heavy (non-hydrogen) atoms. The van der Waals surface area contributed by atoms with Crippen molar-refractivity contribution in [3.8, 4) is 0 Å². The van der Waals surface area contributed by atoms with Gasteiger partial charge in [-0.1, -0.05) is 20.8 Å². The molecule has 0 N–H and O–H groups in total. The van der Waals surface area contributed by atoms with Gasteiger partial charge in [0, 0.05) is 0 Å². The van der Waals surface area contributed by atoms with Crippen LogP contribution in [-0.4, -0.2) is 25.7 Å². The first-order valence-corrected chi connectivity index (χ1v) is 13.6. The highest BCUT2D eigenvalue weighted by Crippen LogP contribution is 2.37. The van der Waals surface area contributed by atoms with Gasteiger partial charge in [0.1, 0.15) is 0 Å². The topological polar surface area (TPSA) is 27.7 Å². The molecule has 0 amide bonds. The van der Waals surface area contributed by atoms with Gasteiger partial charge >= 0.3 is 25.7 Å². The molecule has 3 nitrogen and oxygen atoms in total. The minimum Gasteiger partial charge on any atom is -0.416 e. The van der Waals surface area contributed by atoms with Crippen molar-refractivity contribution in [3.05, 3.63) is 24.6 Å². The average molecular weight is 303 g/mol. The zero-order chi connectivity index (χ0) is 14.0. The van der Waals surface area contributed by atoms with Crippen LogP contribution in [-0.2, 0) is 12.3 Å². The molecule has 0 saturated carbocycles. The van der Waals surface area contributed by atoms with Crippen molar-refractivity contribution in [2.24, 2.45) is 5.92 Å². The van der Waals surface area contributed by atoms with E-state index in [4.69, 9.17) is 12.3 Å². The molecule has 1 rings (SSSR count). The summed E-state index contributed by atoms with van der Waals surface area (Å²) in [5, 5.41) is 0. The van der Waals surface area contributed by atoms with Gasteiger partial charge in [0.2, 0.25) is 0 Å². The van der Waals surface area contributed by atoms with Gasteiger partial charge in [-0.05, 0) is 42.5 Å². The third kappa shape index (κ3) is 3.52. The standard InChI is InChI=1S/C12H26O3Si3/c1-8-17(9-2)13-16(6,7)14-18(10-3,15-17)11-12(4)5/h8-9,12H,1-2,10-11H2,3-7H3. The minimum absolute atomic E-state index is 0.570. The Morgan fingerprint density at radius 2 is 1.61 bits per heavy atom. The highest BCUT2D eigenvalue weighted by Gasteiger charge is 2.56. The third-order valence-corrected chi connectivity index (χ3v) is 16.1. The van der Waals surface area contributed by atoms with Crippen LogP contribution in [0.5, 0.6) is 0 Å². The first-order valence-electron chi connectivity index (χ1n) is 6.60. The number of hydrogen-bond donors (Lipinski definition) is 0. The summed E-state index contributed by atoms with van der Waals surface area (Å²) >= 11 is 0. The maximum Gasteiger partial charge on any atom is 0.373 e. The second kappa shape index (κ2) is 5.56. The van der Waals surface area contributed by atoms with E-state index in [0.717, 1.165) is 12.1 Å². The Balaban J connectivity index is 3.11. The molecule has 1 saturated heterocycles. The fraction of sp³-hybridized carbons (Fsp3) is 0.667. The van der Waals surface area contributed by atoms with Gasteiger partial charge in [-0.3, -0.25) is 0 Å². The lowest BCUT2D eigenvalue weighted by Crippen LogP contribution is -2.67. The largest absolute Gasteiger partial charge is 0.416 e. The van der Waals surface area contributed by atoms with E-state index < -0.39 is 25.7 Å². The fourth-order valence-electron chi connectivity index (χ4n) is 2.43. The van der Waals surface area contributed by atoms with E-state index in [1.165, 1.54) is 0 Å². The van der Waals surface area contributed by atoms with Crippen LogP contribution in [0.1, 0.15) is 20.8 Å². The first kappa shape index (κ1) is 16.1. The Morgan fingerprint density at radius 3 is 2.00 bits per heavy atom. The maximum atomic E-state index is 6.39. The van der Waals surface area contributed by atoms with E-state index in [-0.39, 0.29) is 0 Å². The molecule has 6 heteroatoms. The van der Waals surface area contributed by atoms with E-state index >= 15 is 0 Å². The van der Waals surface area contributed by atoms with E-state index in [0.29, 0.717) is 5.92 Å². The summed E-state index contributed by atoms with van der Waals surface area (Å²) in [5.74, 6) is 0.570. The molecule has 1 fully saturated rings. The van der Waals surface area contributed by atoms with Gasteiger partial charge < -0.3 is 12.3 Å². The highest BCUT2D eigenvalue weighted by atomic mass is 28.5. The van der Waals surface area contributed by atoms with Crippen LogP contribution in [0.25, 0.3) is 0 Å². The Labute approximate surface area is 115 Å². The van der Waals surface area contributed by atoms with Crippen molar-refractivity contribution in [2.45, 2.75) is 46.0 Å². The minimum atomic E-state index is -2.46. The highest BCUT2D eigenvalue weighted by molar-refractivity contribution is 6.97. The molecule has 1 aliphatic heterocycles. The van der Waals surface area contributed by atoms with Crippen LogP contribution in [0.3, 0.4) is 0 Å². The van der Waals surface area contributed by atoms with Crippen LogP contribution >= 0.6 is 0 Å². The number of hydrogen-bond acceptors (Lipinski definition) is 3. The lowest BCUT2D eigenvalue weighted by Gasteiger charge is -2.49. The van der Waals surface area contributed by atoms with Gasteiger partial charge in [0.15, 0.2) is 0 Å². The summed E-state index contributed by atoms with van der Waals surface area (Å²) in [4.78, 5) is 0. The fourth-order valence-corrected chi connectivity index (χ4v) is 17.9. The molecular formula is C12H26O3Si3. The van der Waals surface area contributed by atoms with Crippen LogP contribution in [0.15, 0.2) is 24.6 Å². The second-order valence-electron chi connectivity index (χ2n) is 5.70. The molecule has 1 unspecified atom stereocenters. The molecular weight excluding hydrogens is 276 g/mol. The summed E-state index contributed by atoms with van der Waals surface area (Å²) in [6.45, 7) is 18.6. The molecule has 0 spiro atoms. The van der Waals surface area contributed by atoms with E-state index in [2.05, 4.69) is 47.0 Å². The lowest BCUT2D eigenvalue weighted by atomic mass is 10.3. The molecule has 0 aromatic carbocycles. The zero-order valence-electron chi connectivity index (χ0n) is 12.3. The second-order valence-corrected chi connectivity index (χ2v) is 16.1.